The number of halogens is 3. The molecule has 0 aliphatic rings. The lowest BCUT2D eigenvalue weighted by atomic mass is 10.3. The summed E-state index contributed by atoms with van der Waals surface area (Å²) >= 11 is 0. The van der Waals surface area contributed by atoms with E-state index in [9.17, 15) is 13.2 Å². The van der Waals surface area contributed by atoms with Crippen molar-refractivity contribution in [2.75, 3.05) is 0 Å². The highest BCUT2D eigenvalue weighted by atomic mass is 19.3. The first-order valence-electron chi connectivity index (χ1n) is 2.06. The van der Waals surface area contributed by atoms with Crippen LogP contribution in [-0.2, 0) is 0 Å². The molecule has 0 aromatic heterocycles. The first-order valence-corrected chi connectivity index (χ1v) is 2.06. The van der Waals surface area contributed by atoms with Crippen molar-refractivity contribution in [2.45, 2.75) is 18.3 Å². The average molecular weight is 162 g/mol. The van der Waals surface area contributed by atoms with Crippen molar-refractivity contribution >= 4 is 0 Å². The van der Waals surface area contributed by atoms with E-state index in [1.165, 1.54) is 0 Å². The van der Waals surface area contributed by atoms with E-state index in [2.05, 4.69) is 0 Å². The highest BCUT2D eigenvalue weighted by molar-refractivity contribution is 4.75. The highest BCUT2D eigenvalue weighted by Gasteiger charge is 2.56. The zero-order chi connectivity index (χ0) is 8.58. The molecule has 10 heavy (non-hydrogen) atoms. The third-order valence-electron chi connectivity index (χ3n) is 0.760. The van der Waals surface area contributed by atoms with Crippen LogP contribution < -0.4 is 0 Å². The van der Waals surface area contributed by atoms with Gasteiger partial charge in [0.1, 0.15) is 0 Å². The van der Waals surface area contributed by atoms with E-state index in [0.717, 1.165) is 0 Å². The van der Waals surface area contributed by atoms with E-state index in [1.54, 1.807) is 0 Å². The summed E-state index contributed by atoms with van der Waals surface area (Å²) in [5.74, 6) is -9.17. The predicted octanol–water partition coefficient (Wildman–Crippen LogP) is -1.46. The largest absolute Gasteiger partial charge is 0.351 e. The van der Waals surface area contributed by atoms with Crippen LogP contribution >= 0.6 is 0 Å². The second-order valence-corrected chi connectivity index (χ2v) is 1.61. The van der Waals surface area contributed by atoms with Crippen LogP contribution in [0.2, 0.25) is 0 Å². The molecule has 0 aliphatic heterocycles. The molecule has 0 saturated carbocycles. The quantitative estimate of drug-likeness (QED) is 0.374. The lowest BCUT2D eigenvalue weighted by molar-refractivity contribution is -0.446. The minimum atomic E-state index is -4.73. The zero-order valence-electron chi connectivity index (χ0n) is 4.50. The van der Waals surface area contributed by atoms with Crippen molar-refractivity contribution < 1.29 is 33.6 Å². The van der Waals surface area contributed by atoms with Crippen LogP contribution in [0.1, 0.15) is 0 Å². The first kappa shape index (κ1) is 9.63. The minimum Gasteiger partial charge on any atom is -0.351 e. The second kappa shape index (κ2) is 2.35. The molecule has 0 aromatic carbocycles. The highest BCUT2D eigenvalue weighted by Crippen LogP contribution is 2.26. The first-order chi connectivity index (χ1) is 4.19. The van der Waals surface area contributed by atoms with E-state index in [0.29, 0.717) is 0 Å². The maximum atomic E-state index is 11.8. The van der Waals surface area contributed by atoms with Crippen molar-refractivity contribution in [3.63, 3.8) is 0 Å². The molecular formula is C3H5F3O4. The van der Waals surface area contributed by atoms with Gasteiger partial charge in [0, 0.05) is 0 Å². The fraction of sp³-hybridized carbons (Fsp3) is 1.00. The normalized spacial score (nSPS) is 19.2. The molecule has 4 N–H and O–H groups in total. The summed E-state index contributed by atoms with van der Waals surface area (Å²) in [4.78, 5) is 0. The van der Waals surface area contributed by atoms with Gasteiger partial charge >= 0.3 is 18.3 Å². The summed E-state index contributed by atoms with van der Waals surface area (Å²) in [7, 11) is 0. The Bertz CT molecular complexity index is 117. The molecule has 0 fully saturated rings. The van der Waals surface area contributed by atoms with Crippen molar-refractivity contribution in [2.24, 2.45) is 0 Å². The summed E-state index contributed by atoms with van der Waals surface area (Å²) in [6.07, 6.45) is -4.10. The maximum absolute atomic E-state index is 11.8. The molecule has 0 rings (SSSR count). The lowest BCUT2D eigenvalue weighted by Crippen LogP contribution is -2.55. The monoisotopic (exact) mass is 162 g/mol. The Balaban J connectivity index is 4.40. The van der Waals surface area contributed by atoms with Gasteiger partial charge in [0.15, 0.2) is 0 Å². The Morgan fingerprint density at radius 1 is 1.00 bits per heavy atom. The molecular weight excluding hydrogens is 157 g/mol. The Labute approximate surface area is 53.1 Å². The van der Waals surface area contributed by atoms with Gasteiger partial charge in [0.2, 0.25) is 0 Å². The van der Waals surface area contributed by atoms with Crippen molar-refractivity contribution in [1.82, 2.24) is 0 Å². The molecule has 1 unspecified atom stereocenters. The Kier molecular flexibility index (Phi) is 2.26. The van der Waals surface area contributed by atoms with Crippen LogP contribution in [0.4, 0.5) is 13.2 Å². The maximum Gasteiger partial charge on any atom is 0.349 e. The number of hydrogen-bond donors (Lipinski definition) is 4. The van der Waals surface area contributed by atoms with E-state index >= 15 is 0 Å². The Hall–Kier alpha value is -0.370. The fourth-order valence-electron chi connectivity index (χ4n) is 0.146. The molecule has 7 heteroatoms. The molecule has 4 nitrogen and oxygen atoms in total. The standard InChI is InChI=1S/C3H5F3O4/c4-1(5)2(6,7)3(8,9)10/h1,7-10H. The summed E-state index contributed by atoms with van der Waals surface area (Å²) in [5.41, 5.74) is 0. The van der Waals surface area contributed by atoms with Crippen LogP contribution in [0.25, 0.3) is 0 Å². The van der Waals surface area contributed by atoms with Crippen molar-refractivity contribution in [1.29, 1.82) is 0 Å². The summed E-state index contributed by atoms with van der Waals surface area (Å²) in [6, 6.07) is 0. The third-order valence-corrected chi connectivity index (χ3v) is 0.760. The number of aliphatic hydroxyl groups is 4. The van der Waals surface area contributed by atoms with Gasteiger partial charge in [-0.25, -0.2) is 8.78 Å². The Morgan fingerprint density at radius 2 is 1.30 bits per heavy atom. The van der Waals surface area contributed by atoms with E-state index in [4.69, 9.17) is 20.4 Å². The van der Waals surface area contributed by atoms with E-state index in [-0.39, 0.29) is 0 Å². The van der Waals surface area contributed by atoms with Gasteiger partial charge in [-0.05, 0) is 0 Å². The van der Waals surface area contributed by atoms with Gasteiger partial charge in [-0.3, -0.25) is 0 Å². The summed E-state index contributed by atoms with van der Waals surface area (Å²) < 4.78 is 34.2. The van der Waals surface area contributed by atoms with Crippen LogP contribution in [0.15, 0.2) is 0 Å². The van der Waals surface area contributed by atoms with Gasteiger partial charge < -0.3 is 20.4 Å². The molecule has 0 heterocycles. The molecule has 0 radical (unpaired) electrons. The number of hydrogen-bond acceptors (Lipinski definition) is 4. The topological polar surface area (TPSA) is 80.9 Å². The van der Waals surface area contributed by atoms with Crippen LogP contribution in [0.3, 0.4) is 0 Å². The fourth-order valence-corrected chi connectivity index (χ4v) is 0.146. The molecule has 62 valence electrons. The van der Waals surface area contributed by atoms with Gasteiger partial charge in [-0.15, -0.1) is 0 Å². The molecule has 0 aliphatic carbocycles. The molecule has 0 amide bonds. The second-order valence-electron chi connectivity index (χ2n) is 1.61. The van der Waals surface area contributed by atoms with Crippen molar-refractivity contribution in [3.05, 3.63) is 0 Å². The Morgan fingerprint density at radius 3 is 1.30 bits per heavy atom. The third kappa shape index (κ3) is 1.57. The molecule has 0 spiro atoms. The lowest BCUT2D eigenvalue weighted by Gasteiger charge is -2.26. The van der Waals surface area contributed by atoms with Gasteiger partial charge in [0.05, 0.1) is 0 Å². The van der Waals surface area contributed by atoms with Crippen LogP contribution in [0, 0.1) is 0 Å². The van der Waals surface area contributed by atoms with E-state index < -0.39 is 18.3 Å². The van der Waals surface area contributed by atoms with E-state index in [1.807, 2.05) is 0 Å². The number of alkyl halides is 3. The average Bonchev–Trinajstić information content (AvgIpc) is 1.62. The smallest absolute Gasteiger partial charge is 0.349 e. The van der Waals surface area contributed by atoms with Crippen molar-refractivity contribution in [3.8, 4) is 0 Å². The summed E-state index contributed by atoms with van der Waals surface area (Å²) in [6.45, 7) is 0. The predicted molar refractivity (Wildman–Crippen MR) is 21.4 cm³/mol. The van der Waals surface area contributed by atoms with Crippen LogP contribution in [-0.4, -0.2) is 38.7 Å². The zero-order valence-corrected chi connectivity index (χ0v) is 4.50. The molecule has 0 saturated heterocycles. The van der Waals surface area contributed by atoms with Crippen LogP contribution in [0.5, 0.6) is 0 Å². The minimum absolute atomic E-state index is 4.10. The number of rotatable bonds is 2. The molecule has 0 aromatic rings. The van der Waals surface area contributed by atoms with Gasteiger partial charge in [-0.1, -0.05) is 0 Å². The SMILES string of the molecule is OC(O)(O)C(O)(F)C(F)F. The molecule has 1 atom stereocenters. The van der Waals surface area contributed by atoms with Gasteiger partial charge in [0.25, 0.3) is 0 Å². The molecule has 0 bridgehead atoms. The van der Waals surface area contributed by atoms with Gasteiger partial charge in [-0.2, -0.15) is 4.39 Å². The summed E-state index contributed by atoms with van der Waals surface area (Å²) in [5, 5.41) is 30.9.